The van der Waals surface area contributed by atoms with E-state index in [9.17, 15) is 14.4 Å². The molecule has 0 unspecified atom stereocenters. The number of benzene rings is 3. The fourth-order valence-electron chi connectivity index (χ4n) is 3.31. The molecular formula is C27H27NO4. The van der Waals surface area contributed by atoms with E-state index in [0.29, 0.717) is 12.1 Å². The molecule has 0 aliphatic heterocycles. The standard InChI is InChI=1S/C27H27NO4/c1-20(29)28-17-5-6-21-9-15-25(16-10-21)26(30)19-32-27(31)18-22-11-13-24(14-12-22)23-7-3-2-4-8-23/h2-4,7-16H,5-6,17-19H2,1H3,(H,28,29). The summed E-state index contributed by atoms with van der Waals surface area (Å²) in [5.74, 6) is -0.701. The molecule has 0 atom stereocenters. The molecule has 3 aromatic rings. The molecule has 3 rings (SSSR count). The largest absolute Gasteiger partial charge is 0.457 e. The van der Waals surface area contributed by atoms with Gasteiger partial charge in [0.05, 0.1) is 6.42 Å². The highest BCUT2D eigenvalue weighted by Gasteiger charge is 2.11. The number of amides is 1. The lowest BCUT2D eigenvalue weighted by Crippen LogP contribution is -2.21. The summed E-state index contributed by atoms with van der Waals surface area (Å²) in [4.78, 5) is 35.3. The highest BCUT2D eigenvalue weighted by atomic mass is 16.5. The van der Waals surface area contributed by atoms with Crippen LogP contribution in [0, 0.1) is 0 Å². The summed E-state index contributed by atoms with van der Waals surface area (Å²) in [6.07, 6.45) is 1.76. The lowest BCUT2D eigenvalue weighted by molar-refractivity contribution is -0.141. The molecule has 5 heteroatoms. The van der Waals surface area contributed by atoms with Gasteiger partial charge in [0.1, 0.15) is 0 Å². The number of carbonyl (C=O) groups is 3. The predicted molar refractivity (Wildman–Crippen MR) is 124 cm³/mol. The maximum Gasteiger partial charge on any atom is 0.310 e. The minimum atomic E-state index is -0.430. The van der Waals surface area contributed by atoms with Crippen molar-refractivity contribution < 1.29 is 19.1 Å². The van der Waals surface area contributed by atoms with Gasteiger partial charge in [0, 0.05) is 19.0 Å². The third-order valence-corrected chi connectivity index (χ3v) is 5.07. The van der Waals surface area contributed by atoms with Gasteiger partial charge in [-0.3, -0.25) is 14.4 Å². The van der Waals surface area contributed by atoms with Crippen LogP contribution in [0.15, 0.2) is 78.9 Å². The Hall–Kier alpha value is -3.73. The molecule has 0 aliphatic carbocycles. The van der Waals surface area contributed by atoms with Gasteiger partial charge in [0.25, 0.3) is 0 Å². The monoisotopic (exact) mass is 429 g/mol. The molecule has 164 valence electrons. The second kappa shape index (κ2) is 11.6. The smallest absolute Gasteiger partial charge is 0.310 e. The zero-order valence-corrected chi connectivity index (χ0v) is 18.2. The van der Waals surface area contributed by atoms with Crippen LogP contribution in [0.2, 0.25) is 0 Å². The number of aryl methyl sites for hydroxylation is 1. The zero-order chi connectivity index (χ0) is 22.8. The summed E-state index contributed by atoms with van der Waals surface area (Å²) in [6, 6.07) is 25.0. The first-order chi connectivity index (χ1) is 15.5. The van der Waals surface area contributed by atoms with Crippen molar-refractivity contribution in [3.05, 3.63) is 95.6 Å². The van der Waals surface area contributed by atoms with Crippen LogP contribution in [0.1, 0.15) is 34.8 Å². The van der Waals surface area contributed by atoms with E-state index in [1.165, 1.54) is 6.92 Å². The summed E-state index contributed by atoms with van der Waals surface area (Å²) in [5, 5.41) is 2.76. The fourth-order valence-corrected chi connectivity index (χ4v) is 3.31. The van der Waals surface area contributed by atoms with Gasteiger partial charge in [0.15, 0.2) is 12.4 Å². The van der Waals surface area contributed by atoms with Gasteiger partial charge in [-0.1, -0.05) is 78.9 Å². The summed E-state index contributed by atoms with van der Waals surface area (Å²) in [5.41, 5.74) is 4.63. The van der Waals surface area contributed by atoms with Crippen molar-refractivity contribution in [2.75, 3.05) is 13.2 Å². The Balaban J connectivity index is 1.43. The number of hydrogen-bond donors (Lipinski definition) is 1. The maximum atomic E-state index is 12.3. The van der Waals surface area contributed by atoms with E-state index in [0.717, 1.165) is 35.1 Å². The third-order valence-electron chi connectivity index (χ3n) is 5.07. The highest BCUT2D eigenvalue weighted by molar-refractivity contribution is 5.98. The van der Waals surface area contributed by atoms with E-state index in [1.807, 2.05) is 66.7 Å². The Morgan fingerprint density at radius 1 is 0.781 bits per heavy atom. The minimum Gasteiger partial charge on any atom is -0.457 e. The van der Waals surface area contributed by atoms with Crippen LogP contribution in [0.5, 0.6) is 0 Å². The average Bonchev–Trinajstić information content (AvgIpc) is 2.81. The first-order valence-corrected chi connectivity index (χ1v) is 10.7. The number of ketones is 1. The normalized spacial score (nSPS) is 10.4. The molecule has 0 aromatic heterocycles. The van der Waals surface area contributed by atoms with Crippen molar-refractivity contribution >= 4 is 17.7 Å². The van der Waals surface area contributed by atoms with Gasteiger partial charge in [-0.15, -0.1) is 0 Å². The molecule has 0 saturated carbocycles. The molecule has 0 spiro atoms. The Morgan fingerprint density at radius 3 is 2.06 bits per heavy atom. The predicted octanol–water partition coefficient (Wildman–Crippen LogP) is 4.39. The van der Waals surface area contributed by atoms with E-state index in [4.69, 9.17) is 4.74 Å². The van der Waals surface area contributed by atoms with E-state index < -0.39 is 5.97 Å². The first kappa shape index (κ1) is 22.9. The molecule has 0 aliphatic rings. The lowest BCUT2D eigenvalue weighted by Gasteiger charge is -2.07. The summed E-state index contributed by atoms with van der Waals surface area (Å²) < 4.78 is 5.18. The molecule has 0 heterocycles. The van der Waals surface area contributed by atoms with Crippen LogP contribution >= 0.6 is 0 Å². The molecule has 1 amide bonds. The van der Waals surface area contributed by atoms with E-state index in [1.54, 1.807) is 12.1 Å². The van der Waals surface area contributed by atoms with Gasteiger partial charge < -0.3 is 10.1 Å². The molecule has 5 nitrogen and oxygen atoms in total. The number of nitrogens with one attached hydrogen (secondary N) is 1. The Labute approximate surface area is 188 Å². The van der Waals surface area contributed by atoms with Gasteiger partial charge in [-0.05, 0) is 35.1 Å². The van der Waals surface area contributed by atoms with Crippen molar-refractivity contribution in [3.63, 3.8) is 0 Å². The molecule has 0 radical (unpaired) electrons. The Bertz CT molecular complexity index is 1040. The summed E-state index contributed by atoms with van der Waals surface area (Å²) in [6.45, 7) is 1.85. The van der Waals surface area contributed by atoms with Gasteiger partial charge >= 0.3 is 5.97 Å². The van der Waals surface area contributed by atoms with E-state index >= 15 is 0 Å². The van der Waals surface area contributed by atoms with Crippen molar-refractivity contribution in [2.24, 2.45) is 0 Å². The third kappa shape index (κ3) is 7.20. The fraction of sp³-hybridized carbons (Fsp3) is 0.222. The molecule has 0 fully saturated rings. The van der Waals surface area contributed by atoms with E-state index in [2.05, 4.69) is 5.32 Å². The van der Waals surface area contributed by atoms with Crippen molar-refractivity contribution in [1.29, 1.82) is 0 Å². The van der Waals surface area contributed by atoms with Crippen LogP contribution in [0.25, 0.3) is 11.1 Å². The van der Waals surface area contributed by atoms with Crippen LogP contribution in [0.4, 0.5) is 0 Å². The molecule has 0 bridgehead atoms. The zero-order valence-electron chi connectivity index (χ0n) is 18.2. The highest BCUT2D eigenvalue weighted by Crippen LogP contribution is 2.19. The molecule has 0 saturated heterocycles. The summed E-state index contributed by atoms with van der Waals surface area (Å²) in [7, 11) is 0. The lowest BCUT2D eigenvalue weighted by atomic mass is 10.0. The Morgan fingerprint density at radius 2 is 1.41 bits per heavy atom. The van der Waals surface area contributed by atoms with Gasteiger partial charge in [-0.25, -0.2) is 0 Å². The van der Waals surface area contributed by atoms with Gasteiger partial charge in [0.2, 0.25) is 5.91 Å². The average molecular weight is 430 g/mol. The Kier molecular flexibility index (Phi) is 8.32. The van der Waals surface area contributed by atoms with Crippen LogP contribution in [-0.4, -0.2) is 30.8 Å². The number of rotatable bonds is 10. The van der Waals surface area contributed by atoms with Crippen LogP contribution in [-0.2, 0) is 27.2 Å². The van der Waals surface area contributed by atoms with Gasteiger partial charge in [-0.2, -0.15) is 0 Å². The van der Waals surface area contributed by atoms with E-state index in [-0.39, 0.29) is 24.7 Å². The summed E-state index contributed by atoms with van der Waals surface area (Å²) >= 11 is 0. The van der Waals surface area contributed by atoms with Crippen LogP contribution < -0.4 is 5.32 Å². The number of Topliss-reactive ketones (excluding diaryl/α,β-unsaturated/α-hetero) is 1. The number of hydrogen-bond acceptors (Lipinski definition) is 4. The van der Waals surface area contributed by atoms with Crippen LogP contribution in [0.3, 0.4) is 0 Å². The topological polar surface area (TPSA) is 72.5 Å². The van der Waals surface area contributed by atoms with Crippen molar-refractivity contribution in [2.45, 2.75) is 26.2 Å². The molecule has 3 aromatic carbocycles. The second-order valence-electron chi connectivity index (χ2n) is 7.61. The number of ether oxygens (including phenoxy) is 1. The SMILES string of the molecule is CC(=O)NCCCc1ccc(C(=O)COC(=O)Cc2ccc(-c3ccccc3)cc2)cc1. The maximum absolute atomic E-state index is 12.3. The molecule has 32 heavy (non-hydrogen) atoms. The number of carbonyl (C=O) groups excluding carboxylic acids is 3. The first-order valence-electron chi connectivity index (χ1n) is 10.7. The van der Waals surface area contributed by atoms with Crippen molar-refractivity contribution in [3.8, 4) is 11.1 Å². The second-order valence-corrected chi connectivity index (χ2v) is 7.61. The minimum absolute atomic E-state index is 0.0373. The quantitative estimate of drug-likeness (QED) is 0.295. The number of esters is 1. The molecular weight excluding hydrogens is 402 g/mol. The molecule has 1 N–H and O–H groups in total. The van der Waals surface area contributed by atoms with Crippen molar-refractivity contribution in [1.82, 2.24) is 5.32 Å².